The lowest BCUT2D eigenvalue weighted by atomic mass is 10.1. The molecule has 10 heteroatoms. The van der Waals surface area contributed by atoms with Crippen LogP contribution < -0.4 is 5.32 Å². The van der Waals surface area contributed by atoms with Crippen molar-refractivity contribution in [2.24, 2.45) is 0 Å². The van der Waals surface area contributed by atoms with Crippen LogP contribution in [0.2, 0.25) is 0 Å². The van der Waals surface area contributed by atoms with Gasteiger partial charge < -0.3 is 5.32 Å². The Morgan fingerprint density at radius 2 is 1.90 bits per heavy atom. The monoisotopic (exact) mass is 421 g/mol. The van der Waals surface area contributed by atoms with Crippen LogP contribution in [0.3, 0.4) is 0 Å². The summed E-state index contributed by atoms with van der Waals surface area (Å²) in [6, 6.07) is 8.66. The molecule has 0 unspecified atom stereocenters. The Kier molecular flexibility index (Phi) is 6.16. The van der Waals surface area contributed by atoms with Crippen molar-refractivity contribution in [2.75, 3.05) is 18.9 Å². The van der Waals surface area contributed by atoms with Crippen LogP contribution in [0.5, 0.6) is 0 Å². The average molecular weight is 421 g/mol. The predicted octanol–water partition coefficient (Wildman–Crippen LogP) is 4.06. The second-order valence-electron chi connectivity index (χ2n) is 6.76. The van der Waals surface area contributed by atoms with Crippen molar-refractivity contribution < 1.29 is 22.4 Å². The zero-order chi connectivity index (χ0) is 21.9. The Hall–Kier alpha value is -3.27. The molecule has 1 atom stereocenters. The Morgan fingerprint density at radius 3 is 2.50 bits per heavy atom. The number of alkyl halides is 3. The number of nitrogens with one attached hydrogen (secondary N) is 1. The van der Waals surface area contributed by atoms with Crippen molar-refractivity contribution >= 4 is 11.6 Å². The zero-order valence-electron chi connectivity index (χ0n) is 16.2. The van der Waals surface area contributed by atoms with E-state index in [0.717, 1.165) is 17.7 Å². The summed E-state index contributed by atoms with van der Waals surface area (Å²) in [6.45, 7) is 1.75. The maximum Gasteiger partial charge on any atom is 0.416 e. The second-order valence-corrected chi connectivity index (χ2v) is 6.76. The molecule has 30 heavy (non-hydrogen) atoms. The lowest BCUT2D eigenvalue weighted by molar-refractivity contribution is -0.137. The molecule has 0 spiro atoms. The first-order valence-electron chi connectivity index (χ1n) is 8.97. The minimum absolute atomic E-state index is 0.0387. The van der Waals surface area contributed by atoms with Crippen molar-refractivity contribution in [3.63, 3.8) is 0 Å². The van der Waals surface area contributed by atoms with Crippen LogP contribution in [0.15, 0.2) is 55.1 Å². The Morgan fingerprint density at radius 1 is 1.20 bits per heavy atom. The molecule has 1 aromatic heterocycles. The molecule has 1 heterocycles. The van der Waals surface area contributed by atoms with Gasteiger partial charge in [0.25, 0.3) is 0 Å². The van der Waals surface area contributed by atoms with Crippen LogP contribution in [-0.2, 0) is 11.0 Å². The van der Waals surface area contributed by atoms with Gasteiger partial charge in [-0.2, -0.15) is 18.3 Å². The molecule has 0 radical (unpaired) electrons. The fourth-order valence-corrected chi connectivity index (χ4v) is 2.89. The highest BCUT2D eigenvalue weighted by Gasteiger charge is 2.31. The highest BCUT2D eigenvalue weighted by atomic mass is 19.4. The first kappa shape index (κ1) is 21.4. The molecule has 3 rings (SSSR count). The summed E-state index contributed by atoms with van der Waals surface area (Å²) in [6.07, 6.45) is -2.00. The summed E-state index contributed by atoms with van der Waals surface area (Å²) < 4.78 is 53.8. The summed E-state index contributed by atoms with van der Waals surface area (Å²) in [5.74, 6) is -0.872. The molecule has 0 aliphatic carbocycles. The van der Waals surface area contributed by atoms with E-state index in [1.165, 1.54) is 35.5 Å². The smallest absolute Gasteiger partial charge is 0.323 e. The highest BCUT2D eigenvalue weighted by molar-refractivity contribution is 5.94. The summed E-state index contributed by atoms with van der Waals surface area (Å²) in [5, 5.41) is 6.44. The van der Waals surface area contributed by atoms with Crippen molar-refractivity contribution in [3.8, 4) is 5.69 Å². The van der Waals surface area contributed by atoms with Crippen molar-refractivity contribution in [1.29, 1.82) is 0 Å². The number of carbonyl (C=O) groups is 1. The molecular formula is C20H19F4N5O. The number of hydrogen-bond acceptors (Lipinski definition) is 4. The third-order valence-corrected chi connectivity index (χ3v) is 4.67. The van der Waals surface area contributed by atoms with E-state index in [4.69, 9.17) is 0 Å². The molecular weight excluding hydrogens is 402 g/mol. The van der Waals surface area contributed by atoms with Crippen molar-refractivity contribution in [2.45, 2.75) is 19.1 Å². The largest absolute Gasteiger partial charge is 0.416 e. The van der Waals surface area contributed by atoms with E-state index in [2.05, 4.69) is 15.4 Å². The lowest BCUT2D eigenvalue weighted by Crippen LogP contribution is -2.32. The molecule has 2 aromatic carbocycles. The zero-order valence-corrected chi connectivity index (χ0v) is 16.2. The molecule has 0 aliphatic heterocycles. The number of carbonyl (C=O) groups excluding carboxylic acids is 1. The van der Waals surface area contributed by atoms with E-state index >= 15 is 0 Å². The van der Waals surface area contributed by atoms with Gasteiger partial charge in [-0.25, -0.2) is 14.1 Å². The third kappa shape index (κ3) is 5.01. The quantitative estimate of drug-likeness (QED) is 0.610. The van der Waals surface area contributed by atoms with Crippen molar-refractivity contribution in [1.82, 2.24) is 19.7 Å². The normalized spacial score (nSPS) is 12.8. The molecule has 6 nitrogen and oxygen atoms in total. The first-order chi connectivity index (χ1) is 14.1. The fourth-order valence-electron chi connectivity index (χ4n) is 2.89. The Bertz CT molecular complexity index is 1000. The maximum absolute atomic E-state index is 13.1. The summed E-state index contributed by atoms with van der Waals surface area (Å²) in [4.78, 5) is 18.0. The summed E-state index contributed by atoms with van der Waals surface area (Å²) >= 11 is 0. The van der Waals surface area contributed by atoms with Crippen molar-refractivity contribution in [3.05, 3.63) is 72.1 Å². The summed E-state index contributed by atoms with van der Waals surface area (Å²) in [5.41, 5.74) is 0.120. The molecule has 158 valence electrons. The topological polar surface area (TPSA) is 63.1 Å². The number of nitrogens with zero attached hydrogens (tertiary/aromatic N) is 4. The van der Waals surface area contributed by atoms with Crippen LogP contribution in [-0.4, -0.2) is 39.2 Å². The van der Waals surface area contributed by atoms with Crippen LogP contribution in [0.1, 0.15) is 24.1 Å². The molecule has 0 saturated carbocycles. The van der Waals surface area contributed by atoms with Gasteiger partial charge in [-0.1, -0.05) is 12.1 Å². The maximum atomic E-state index is 13.1. The standard InChI is InChI=1S/C20H19F4N5O/c1-13(14-3-6-16(21)7-4-14)28(2)10-19(30)27-17-9-15(20(22,23)24)5-8-18(17)29-12-25-11-26-29/h3-9,11-13H,10H2,1-2H3,(H,27,30)/t13-/m1/s1. The molecule has 0 aliphatic rings. The Balaban J connectivity index is 1.78. The molecule has 0 fully saturated rings. The number of aromatic nitrogens is 3. The molecule has 0 saturated heterocycles. The van der Waals surface area contributed by atoms with Gasteiger partial charge in [0, 0.05) is 6.04 Å². The first-order valence-corrected chi connectivity index (χ1v) is 8.97. The van der Waals surface area contributed by atoms with Gasteiger partial charge in [-0.15, -0.1) is 0 Å². The lowest BCUT2D eigenvalue weighted by Gasteiger charge is -2.25. The van der Waals surface area contributed by atoms with E-state index in [1.54, 1.807) is 24.1 Å². The van der Waals surface area contributed by atoms with E-state index in [1.807, 2.05) is 6.92 Å². The predicted molar refractivity (Wildman–Crippen MR) is 102 cm³/mol. The number of anilines is 1. The van der Waals surface area contributed by atoms with Gasteiger partial charge in [0.15, 0.2) is 0 Å². The fraction of sp³-hybridized carbons (Fsp3) is 0.250. The Labute approximate surface area is 170 Å². The number of benzene rings is 2. The van der Waals surface area contributed by atoms with E-state index < -0.39 is 17.6 Å². The second kappa shape index (κ2) is 8.62. The number of amides is 1. The molecule has 1 N–H and O–H groups in total. The van der Waals surface area contributed by atoms with Gasteiger partial charge in [-0.05, 0) is 49.9 Å². The van der Waals surface area contributed by atoms with Gasteiger partial charge >= 0.3 is 6.18 Å². The van der Waals surface area contributed by atoms with Crippen LogP contribution in [0.4, 0.5) is 23.2 Å². The van der Waals surface area contributed by atoms with Crippen LogP contribution in [0.25, 0.3) is 5.69 Å². The van der Waals surface area contributed by atoms with Crippen LogP contribution in [0, 0.1) is 5.82 Å². The number of rotatable bonds is 6. The number of halogens is 4. The number of hydrogen-bond donors (Lipinski definition) is 1. The molecule has 3 aromatic rings. The minimum Gasteiger partial charge on any atom is -0.323 e. The average Bonchev–Trinajstić information content (AvgIpc) is 3.21. The summed E-state index contributed by atoms with van der Waals surface area (Å²) in [7, 11) is 1.69. The number of likely N-dealkylation sites (N-methyl/N-ethyl adjacent to an activating group) is 1. The van der Waals surface area contributed by atoms with E-state index in [-0.39, 0.29) is 29.8 Å². The van der Waals surface area contributed by atoms with Gasteiger partial charge in [0.2, 0.25) is 5.91 Å². The van der Waals surface area contributed by atoms with E-state index in [9.17, 15) is 22.4 Å². The molecule has 0 bridgehead atoms. The van der Waals surface area contributed by atoms with Gasteiger partial charge in [0.1, 0.15) is 18.5 Å². The van der Waals surface area contributed by atoms with Gasteiger partial charge in [0.05, 0.1) is 23.5 Å². The third-order valence-electron chi connectivity index (χ3n) is 4.67. The SMILES string of the molecule is C[C@H](c1ccc(F)cc1)N(C)CC(=O)Nc1cc(C(F)(F)F)ccc1-n1cncn1. The van der Waals surface area contributed by atoms with Crippen LogP contribution >= 0.6 is 0 Å². The van der Waals surface area contributed by atoms with Gasteiger partial charge in [-0.3, -0.25) is 9.69 Å². The highest BCUT2D eigenvalue weighted by Crippen LogP contribution is 2.33. The van der Waals surface area contributed by atoms with E-state index in [0.29, 0.717) is 0 Å². The molecule has 1 amide bonds. The minimum atomic E-state index is -4.56.